The smallest absolute Gasteiger partial charge is 0.267 e. The number of halogens is 1. The molecule has 1 amide bonds. The quantitative estimate of drug-likeness (QED) is 0.747. The zero-order chi connectivity index (χ0) is 17.4. The van der Waals surface area contributed by atoms with Crippen LogP contribution in [0.4, 0.5) is 5.69 Å². The van der Waals surface area contributed by atoms with Gasteiger partial charge in [0.2, 0.25) is 0 Å². The maximum Gasteiger partial charge on any atom is 0.267 e. The number of amides is 1. The van der Waals surface area contributed by atoms with Gasteiger partial charge in [0.15, 0.2) is 5.75 Å². The topological polar surface area (TPSA) is 80.6 Å². The van der Waals surface area contributed by atoms with Crippen molar-refractivity contribution in [1.82, 2.24) is 4.57 Å². The third kappa shape index (κ3) is 2.61. The molecule has 8 heteroatoms. The van der Waals surface area contributed by atoms with Gasteiger partial charge in [-0.15, -0.1) is 11.3 Å². The predicted molar refractivity (Wildman–Crippen MR) is 94.7 cm³/mol. The van der Waals surface area contributed by atoms with Crippen molar-refractivity contribution in [1.29, 1.82) is 0 Å². The summed E-state index contributed by atoms with van der Waals surface area (Å²) in [6, 6.07) is 6.43. The number of pyridine rings is 1. The lowest BCUT2D eigenvalue weighted by atomic mass is 10.2. The van der Waals surface area contributed by atoms with Crippen molar-refractivity contribution in [3.05, 3.63) is 50.6 Å². The van der Waals surface area contributed by atoms with E-state index in [0.717, 1.165) is 0 Å². The van der Waals surface area contributed by atoms with E-state index in [1.54, 1.807) is 30.6 Å². The molecule has 2 N–H and O–H groups in total. The minimum Gasteiger partial charge on any atom is -0.505 e. The fourth-order valence-electron chi connectivity index (χ4n) is 2.40. The first-order chi connectivity index (χ1) is 11.4. The molecule has 0 saturated carbocycles. The molecule has 6 nitrogen and oxygen atoms in total. The van der Waals surface area contributed by atoms with Crippen LogP contribution >= 0.6 is 22.9 Å². The van der Waals surface area contributed by atoms with Crippen LogP contribution < -0.4 is 15.6 Å². The Morgan fingerprint density at radius 3 is 2.83 bits per heavy atom. The number of anilines is 1. The minimum absolute atomic E-state index is 0.308. The number of hydrogen-bond donors (Lipinski definition) is 2. The monoisotopic (exact) mass is 364 g/mol. The van der Waals surface area contributed by atoms with Gasteiger partial charge in [-0.1, -0.05) is 11.6 Å². The Bertz CT molecular complexity index is 1010. The highest BCUT2D eigenvalue weighted by molar-refractivity contribution is 7.17. The van der Waals surface area contributed by atoms with Gasteiger partial charge in [0.25, 0.3) is 11.5 Å². The van der Waals surface area contributed by atoms with Gasteiger partial charge in [-0.05, 0) is 29.6 Å². The number of nitrogens with one attached hydrogen (secondary N) is 1. The van der Waals surface area contributed by atoms with Gasteiger partial charge in [-0.2, -0.15) is 0 Å². The molecule has 2 heterocycles. The first-order valence-electron chi connectivity index (χ1n) is 6.88. The van der Waals surface area contributed by atoms with Crippen LogP contribution in [0.15, 0.2) is 34.4 Å². The van der Waals surface area contributed by atoms with Crippen LogP contribution in [-0.4, -0.2) is 22.7 Å². The number of ether oxygens (including phenoxy) is 1. The molecule has 0 aliphatic carbocycles. The van der Waals surface area contributed by atoms with Crippen LogP contribution in [0, 0.1) is 0 Å². The normalized spacial score (nSPS) is 10.8. The van der Waals surface area contributed by atoms with E-state index in [2.05, 4.69) is 5.32 Å². The van der Waals surface area contributed by atoms with E-state index in [4.69, 9.17) is 16.3 Å². The standard InChI is InChI=1S/C16H13ClN2O4S/c1-19-10-5-6-24-14(10)13(20)12(16(19)22)15(21)18-9-7-8(17)3-4-11(9)23-2/h3-7,20H,1-2H3,(H,18,21). The van der Waals surface area contributed by atoms with Crippen molar-refractivity contribution in [2.45, 2.75) is 0 Å². The van der Waals surface area contributed by atoms with Crippen molar-refractivity contribution in [2.24, 2.45) is 7.05 Å². The SMILES string of the molecule is COc1ccc(Cl)cc1NC(=O)c1c(O)c2sccc2n(C)c1=O. The van der Waals surface area contributed by atoms with Crippen molar-refractivity contribution in [3.8, 4) is 11.5 Å². The second-order valence-corrected chi connectivity index (χ2v) is 6.37. The summed E-state index contributed by atoms with van der Waals surface area (Å²) >= 11 is 7.18. The lowest BCUT2D eigenvalue weighted by molar-refractivity contribution is 0.102. The Labute approximate surface area is 145 Å². The number of thiophene rings is 1. The first kappa shape index (κ1) is 16.4. The molecule has 0 spiro atoms. The average molecular weight is 365 g/mol. The summed E-state index contributed by atoms with van der Waals surface area (Å²) in [5.41, 5.74) is -0.0338. The zero-order valence-electron chi connectivity index (χ0n) is 12.8. The van der Waals surface area contributed by atoms with Gasteiger partial charge in [0, 0.05) is 12.1 Å². The van der Waals surface area contributed by atoms with Crippen LogP contribution in [0.2, 0.25) is 5.02 Å². The fourth-order valence-corrected chi connectivity index (χ4v) is 3.45. The molecule has 0 atom stereocenters. The third-order valence-electron chi connectivity index (χ3n) is 3.61. The molecule has 1 aromatic carbocycles. The van der Waals surface area contributed by atoms with Crippen molar-refractivity contribution in [2.75, 3.05) is 12.4 Å². The van der Waals surface area contributed by atoms with Crippen LogP contribution in [0.3, 0.4) is 0 Å². The summed E-state index contributed by atoms with van der Waals surface area (Å²) in [5, 5.41) is 15.1. The Hall–Kier alpha value is -2.51. The van der Waals surface area contributed by atoms with Gasteiger partial charge in [-0.25, -0.2) is 0 Å². The van der Waals surface area contributed by atoms with Crippen molar-refractivity contribution >= 4 is 44.7 Å². The Morgan fingerprint density at radius 2 is 2.12 bits per heavy atom. The number of aromatic nitrogens is 1. The Balaban J connectivity index is 2.10. The number of fused-ring (bicyclic) bond motifs is 1. The lowest BCUT2D eigenvalue weighted by Gasteiger charge is -2.12. The molecule has 0 fully saturated rings. The molecule has 3 aromatic rings. The summed E-state index contributed by atoms with van der Waals surface area (Å²) in [4.78, 5) is 25.0. The van der Waals surface area contributed by atoms with Gasteiger partial charge in [-0.3, -0.25) is 9.59 Å². The van der Waals surface area contributed by atoms with Gasteiger partial charge >= 0.3 is 0 Å². The number of hydrogen-bond acceptors (Lipinski definition) is 5. The minimum atomic E-state index is -0.732. The fraction of sp³-hybridized carbons (Fsp3) is 0.125. The van der Waals surface area contributed by atoms with E-state index in [1.165, 1.54) is 29.1 Å². The maximum atomic E-state index is 12.6. The number of aryl methyl sites for hydroxylation is 1. The highest BCUT2D eigenvalue weighted by atomic mass is 35.5. The summed E-state index contributed by atoms with van der Waals surface area (Å²) in [7, 11) is 3.00. The molecular formula is C16H13ClN2O4S. The van der Waals surface area contributed by atoms with E-state index in [-0.39, 0.29) is 11.3 Å². The first-order valence-corrected chi connectivity index (χ1v) is 8.14. The van der Waals surface area contributed by atoms with E-state index in [9.17, 15) is 14.7 Å². The summed E-state index contributed by atoms with van der Waals surface area (Å²) in [6.45, 7) is 0. The summed E-state index contributed by atoms with van der Waals surface area (Å²) in [5.74, 6) is -0.674. The number of methoxy groups -OCH3 is 1. The molecule has 0 aliphatic rings. The van der Waals surface area contributed by atoms with E-state index in [0.29, 0.717) is 26.7 Å². The van der Waals surface area contributed by atoms with Crippen LogP contribution in [-0.2, 0) is 7.05 Å². The molecule has 0 aliphatic heterocycles. The number of benzene rings is 1. The van der Waals surface area contributed by atoms with Gasteiger partial charge in [0.1, 0.15) is 11.3 Å². The summed E-state index contributed by atoms with van der Waals surface area (Å²) < 4.78 is 6.96. The molecule has 0 saturated heterocycles. The van der Waals surface area contributed by atoms with Crippen molar-refractivity contribution < 1.29 is 14.6 Å². The number of carbonyl (C=O) groups excluding carboxylic acids is 1. The number of rotatable bonds is 3. The average Bonchev–Trinajstić information content (AvgIpc) is 3.03. The van der Waals surface area contributed by atoms with E-state index >= 15 is 0 Å². The Kier molecular flexibility index (Phi) is 4.21. The van der Waals surface area contributed by atoms with Gasteiger partial charge in [0.05, 0.1) is 23.0 Å². The zero-order valence-corrected chi connectivity index (χ0v) is 14.4. The largest absolute Gasteiger partial charge is 0.505 e. The van der Waals surface area contributed by atoms with Crippen LogP contribution in [0.25, 0.3) is 10.2 Å². The highest BCUT2D eigenvalue weighted by Gasteiger charge is 2.22. The molecule has 3 rings (SSSR count). The number of carbonyl (C=O) groups is 1. The second-order valence-electron chi connectivity index (χ2n) is 5.02. The van der Waals surface area contributed by atoms with Crippen LogP contribution in [0.5, 0.6) is 11.5 Å². The molecule has 2 aromatic heterocycles. The molecule has 0 bridgehead atoms. The highest BCUT2D eigenvalue weighted by Crippen LogP contribution is 2.32. The predicted octanol–water partition coefficient (Wildman–Crippen LogP) is 3.22. The molecule has 0 radical (unpaired) electrons. The Morgan fingerprint density at radius 1 is 1.38 bits per heavy atom. The van der Waals surface area contributed by atoms with E-state index < -0.39 is 11.5 Å². The molecule has 124 valence electrons. The lowest BCUT2D eigenvalue weighted by Crippen LogP contribution is -2.28. The second kappa shape index (κ2) is 6.18. The third-order valence-corrected chi connectivity index (χ3v) is 4.76. The number of nitrogens with zero attached hydrogens (tertiary/aromatic N) is 1. The molecule has 0 unspecified atom stereocenters. The van der Waals surface area contributed by atoms with Crippen LogP contribution in [0.1, 0.15) is 10.4 Å². The summed E-state index contributed by atoms with van der Waals surface area (Å²) in [6.07, 6.45) is 0. The molecular weight excluding hydrogens is 352 g/mol. The van der Waals surface area contributed by atoms with E-state index in [1.807, 2.05) is 0 Å². The molecule has 24 heavy (non-hydrogen) atoms. The maximum absolute atomic E-state index is 12.6. The van der Waals surface area contributed by atoms with Crippen molar-refractivity contribution in [3.63, 3.8) is 0 Å². The van der Waals surface area contributed by atoms with Gasteiger partial charge < -0.3 is 19.7 Å². The number of aromatic hydroxyl groups is 1.